The number of ether oxygens (including phenoxy) is 4. The molecule has 2 aromatic carbocycles. The average molecular weight is 376 g/mol. The topological polar surface area (TPSA) is 62.7 Å². The molecule has 2 fully saturated rings. The minimum Gasteiger partial charge on any atom is -0.346 e. The Bertz CT molecular complexity index is 853. The van der Waals surface area contributed by atoms with Gasteiger partial charge in [0.2, 0.25) is 0 Å². The van der Waals surface area contributed by atoms with Crippen LogP contribution in [0.1, 0.15) is 23.7 Å². The Labute approximate surface area is 163 Å². The molecule has 0 amide bonds. The third-order valence-electron chi connectivity index (χ3n) is 4.91. The lowest BCUT2D eigenvalue weighted by Crippen LogP contribution is -1.99. The van der Waals surface area contributed by atoms with E-state index in [0.29, 0.717) is 26.4 Å². The first kappa shape index (κ1) is 17.5. The average Bonchev–Trinajstić information content (AvgIpc) is 3.48. The van der Waals surface area contributed by atoms with Gasteiger partial charge in [0.1, 0.15) is 5.69 Å². The molecule has 1 aromatic heterocycles. The third-order valence-corrected chi connectivity index (χ3v) is 4.91. The zero-order valence-electron chi connectivity index (χ0n) is 15.3. The minimum absolute atomic E-state index is 0.267. The SMILES string of the molecule is c1cc(-c2ccc(C3OCCO3)cc2)c(-c2ccc(C3OCCO3)cc2)nn1. The molecule has 6 heteroatoms. The summed E-state index contributed by atoms with van der Waals surface area (Å²) in [5, 5.41) is 8.48. The van der Waals surface area contributed by atoms with Crippen LogP contribution in [0.4, 0.5) is 0 Å². The summed E-state index contributed by atoms with van der Waals surface area (Å²) < 4.78 is 22.3. The number of hydrogen-bond acceptors (Lipinski definition) is 6. The second-order valence-electron chi connectivity index (χ2n) is 6.68. The third kappa shape index (κ3) is 3.43. The molecule has 5 rings (SSSR count). The van der Waals surface area contributed by atoms with E-state index in [1.807, 2.05) is 42.5 Å². The molecule has 2 aliphatic rings. The molecule has 0 atom stereocenters. The lowest BCUT2D eigenvalue weighted by atomic mass is 9.98. The van der Waals surface area contributed by atoms with Gasteiger partial charge in [-0.3, -0.25) is 0 Å². The Hall–Kier alpha value is -2.64. The molecule has 3 aromatic rings. The van der Waals surface area contributed by atoms with Gasteiger partial charge in [0.05, 0.1) is 32.6 Å². The van der Waals surface area contributed by atoms with E-state index in [9.17, 15) is 0 Å². The monoisotopic (exact) mass is 376 g/mol. The standard InChI is InChI=1S/C22H20N2O4/c1-5-17(21-25-11-12-26-21)6-2-15(1)19-9-10-23-24-20(19)16-3-7-18(8-4-16)22-27-13-14-28-22/h1-10,21-22H,11-14H2. The van der Waals surface area contributed by atoms with Crippen LogP contribution in [0.5, 0.6) is 0 Å². The lowest BCUT2D eigenvalue weighted by molar-refractivity contribution is -0.0443. The number of benzene rings is 2. The van der Waals surface area contributed by atoms with E-state index >= 15 is 0 Å². The smallest absolute Gasteiger partial charge is 0.184 e. The van der Waals surface area contributed by atoms with Crippen molar-refractivity contribution in [3.63, 3.8) is 0 Å². The molecule has 0 aliphatic carbocycles. The van der Waals surface area contributed by atoms with Gasteiger partial charge in [0.15, 0.2) is 12.6 Å². The number of nitrogens with zero attached hydrogens (tertiary/aromatic N) is 2. The van der Waals surface area contributed by atoms with Gasteiger partial charge in [-0.2, -0.15) is 5.10 Å². The van der Waals surface area contributed by atoms with Gasteiger partial charge in [0, 0.05) is 22.3 Å². The van der Waals surface area contributed by atoms with Crippen LogP contribution < -0.4 is 0 Å². The van der Waals surface area contributed by atoms with E-state index in [2.05, 4.69) is 22.3 Å². The van der Waals surface area contributed by atoms with E-state index in [1.165, 1.54) is 0 Å². The maximum Gasteiger partial charge on any atom is 0.184 e. The highest BCUT2D eigenvalue weighted by Gasteiger charge is 2.20. The van der Waals surface area contributed by atoms with E-state index in [-0.39, 0.29) is 12.6 Å². The maximum absolute atomic E-state index is 5.57. The summed E-state index contributed by atoms with van der Waals surface area (Å²) in [6, 6.07) is 18.3. The minimum atomic E-state index is -0.275. The molecule has 2 saturated heterocycles. The Balaban J connectivity index is 1.44. The van der Waals surface area contributed by atoms with Gasteiger partial charge in [0.25, 0.3) is 0 Å². The Morgan fingerprint density at radius 2 is 1.11 bits per heavy atom. The van der Waals surface area contributed by atoms with Crippen molar-refractivity contribution in [1.29, 1.82) is 0 Å². The van der Waals surface area contributed by atoms with E-state index in [0.717, 1.165) is 33.5 Å². The fraction of sp³-hybridized carbons (Fsp3) is 0.273. The van der Waals surface area contributed by atoms with Gasteiger partial charge in [-0.25, -0.2) is 0 Å². The lowest BCUT2D eigenvalue weighted by Gasteiger charge is -2.13. The van der Waals surface area contributed by atoms with Crippen molar-refractivity contribution in [3.05, 3.63) is 71.9 Å². The molecule has 6 nitrogen and oxygen atoms in total. The van der Waals surface area contributed by atoms with Gasteiger partial charge < -0.3 is 18.9 Å². The second-order valence-corrected chi connectivity index (χ2v) is 6.68. The molecule has 0 radical (unpaired) electrons. The fourth-order valence-corrected chi connectivity index (χ4v) is 3.50. The summed E-state index contributed by atoms with van der Waals surface area (Å²) in [4.78, 5) is 0. The summed E-state index contributed by atoms with van der Waals surface area (Å²) in [5.41, 5.74) is 5.95. The largest absolute Gasteiger partial charge is 0.346 e. The zero-order valence-corrected chi connectivity index (χ0v) is 15.3. The second kappa shape index (κ2) is 7.77. The first-order chi connectivity index (χ1) is 13.9. The molecule has 142 valence electrons. The normalized spacial score (nSPS) is 18.0. The predicted octanol–water partition coefficient (Wildman–Crippen LogP) is 3.90. The number of hydrogen-bond donors (Lipinski definition) is 0. The highest BCUT2D eigenvalue weighted by atomic mass is 16.7. The molecular weight excluding hydrogens is 356 g/mol. The Morgan fingerprint density at radius 1 is 0.607 bits per heavy atom. The quantitative estimate of drug-likeness (QED) is 0.688. The van der Waals surface area contributed by atoms with Crippen LogP contribution in [0.15, 0.2) is 60.8 Å². The van der Waals surface area contributed by atoms with Crippen LogP contribution in [-0.2, 0) is 18.9 Å². The molecule has 2 aliphatic heterocycles. The summed E-state index contributed by atoms with van der Waals surface area (Å²) in [6.45, 7) is 2.54. The van der Waals surface area contributed by atoms with Crippen molar-refractivity contribution in [1.82, 2.24) is 10.2 Å². The van der Waals surface area contributed by atoms with Gasteiger partial charge >= 0.3 is 0 Å². The van der Waals surface area contributed by atoms with Crippen LogP contribution in [0, 0.1) is 0 Å². The van der Waals surface area contributed by atoms with E-state index in [1.54, 1.807) is 6.20 Å². The highest BCUT2D eigenvalue weighted by molar-refractivity contribution is 5.80. The number of aromatic nitrogens is 2. The Morgan fingerprint density at radius 3 is 1.64 bits per heavy atom. The van der Waals surface area contributed by atoms with Crippen molar-refractivity contribution in [2.45, 2.75) is 12.6 Å². The maximum atomic E-state index is 5.57. The van der Waals surface area contributed by atoms with E-state index in [4.69, 9.17) is 18.9 Å². The van der Waals surface area contributed by atoms with Crippen molar-refractivity contribution >= 4 is 0 Å². The van der Waals surface area contributed by atoms with Crippen LogP contribution in [0.2, 0.25) is 0 Å². The van der Waals surface area contributed by atoms with Crippen LogP contribution in [0.25, 0.3) is 22.4 Å². The summed E-state index contributed by atoms with van der Waals surface area (Å²) in [6.07, 6.45) is 1.17. The molecule has 0 spiro atoms. The van der Waals surface area contributed by atoms with Crippen LogP contribution in [0.3, 0.4) is 0 Å². The molecular formula is C22H20N2O4. The molecule has 0 bridgehead atoms. The molecule has 0 unspecified atom stereocenters. The van der Waals surface area contributed by atoms with Gasteiger partial charge in [-0.15, -0.1) is 5.10 Å². The summed E-state index contributed by atoms with van der Waals surface area (Å²) in [5.74, 6) is 0. The predicted molar refractivity (Wildman–Crippen MR) is 102 cm³/mol. The molecule has 28 heavy (non-hydrogen) atoms. The van der Waals surface area contributed by atoms with Crippen molar-refractivity contribution in [2.24, 2.45) is 0 Å². The molecule has 0 saturated carbocycles. The van der Waals surface area contributed by atoms with E-state index < -0.39 is 0 Å². The Kier molecular flexibility index (Phi) is 4.85. The highest BCUT2D eigenvalue weighted by Crippen LogP contribution is 2.33. The van der Waals surface area contributed by atoms with Crippen molar-refractivity contribution < 1.29 is 18.9 Å². The first-order valence-corrected chi connectivity index (χ1v) is 9.37. The molecule has 0 N–H and O–H groups in total. The van der Waals surface area contributed by atoms with Gasteiger partial charge in [-0.05, 0) is 11.6 Å². The zero-order chi connectivity index (χ0) is 18.8. The first-order valence-electron chi connectivity index (χ1n) is 9.37. The summed E-state index contributed by atoms with van der Waals surface area (Å²) in [7, 11) is 0. The fourth-order valence-electron chi connectivity index (χ4n) is 3.50. The summed E-state index contributed by atoms with van der Waals surface area (Å²) >= 11 is 0. The van der Waals surface area contributed by atoms with Crippen molar-refractivity contribution in [2.75, 3.05) is 26.4 Å². The molecule has 3 heterocycles. The van der Waals surface area contributed by atoms with Gasteiger partial charge in [-0.1, -0.05) is 48.5 Å². The van der Waals surface area contributed by atoms with Crippen LogP contribution in [-0.4, -0.2) is 36.6 Å². The number of rotatable bonds is 4. The van der Waals surface area contributed by atoms with Crippen LogP contribution >= 0.6 is 0 Å². The van der Waals surface area contributed by atoms with Crippen molar-refractivity contribution in [3.8, 4) is 22.4 Å².